The zero-order valence-electron chi connectivity index (χ0n) is 9.44. The van der Waals surface area contributed by atoms with Crippen LogP contribution >= 0.6 is 0 Å². The van der Waals surface area contributed by atoms with Crippen molar-refractivity contribution in [2.45, 2.75) is 4.90 Å². The smallest absolute Gasteiger partial charge is 0.243 e. The van der Waals surface area contributed by atoms with Crippen LogP contribution in [0.4, 0.5) is 14.5 Å². The maximum Gasteiger partial charge on any atom is 0.243 e. The van der Waals surface area contributed by atoms with Crippen molar-refractivity contribution >= 4 is 26.5 Å². The summed E-state index contributed by atoms with van der Waals surface area (Å²) in [6.07, 6.45) is 1.40. The Morgan fingerprint density at radius 3 is 2.56 bits per heavy atom. The van der Waals surface area contributed by atoms with Crippen molar-refractivity contribution < 1.29 is 21.4 Å². The first-order chi connectivity index (χ1) is 8.24. The van der Waals surface area contributed by atoms with Crippen LogP contribution in [0.15, 0.2) is 17.0 Å². The molecule has 0 aromatic heterocycles. The van der Waals surface area contributed by atoms with Gasteiger partial charge in [0.25, 0.3) is 0 Å². The van der Waals surface area contributed by atoms with Crippen molar-refractivity contribution in [1.82, 2.24) is 4.72 Å². The molecule has 102 valence electrons. The van der Waals surface area contributed by atoms with E-state index in [0.29, 0.717) is 6.07 Å². The van der Waals surface area contributed by atoms with Crippen molar-refractivity contribution in [2.24, 2.45) is 0 Å². The Bertz CT molecular complexity index is 575. The summed E-state index contributed by atoms with van der Waals surface area (Å²) in [4.78, 5) is -0.859. The van der Waals surface area contributed by atoms with Crippen molar-refractivity contribution in [3.05, 3.63) is 23.8 Å². The fourth-order valence-electron chi connectivity index (χ4n) is 1.18. The van der Waals surface area contributed by atoms with Gasteiger partial charge in [0, 0.05) is 35.0 Å². The molecule has 0 spiro atoms. The van der Waals surface area contributed by atoms with Gasteiger partial charge in [0.1, 0.15) is 4.90 Å². The van der Waals surface area contributed by atoms with Crippen LogP contribution in [-0.2, 0) is 20.8 Å². The zero-order valence-corrected chi connectivity index (χ0v) is 11.1. The number of nitrogens with two attached hydrogens (primary N) is 1. The summed E-state index contributed by atoms with van der Waals surface area (Å²) in [5, 5.41) is 0. The molecular formula is C9H12F2N2O3S2. The van der Waals surface area contributed by atoms with Crippen LogP contribution in [0.3, 0.4) is 0 Å². The normalized spacial score (nSPS) is 13.5. The Hall–Kier alpha value is -1.06. The Kier molecular flexibility index (Phi) is 4.77. The van der Waals surface area contributed by atoms with E-state index in [0.717, 1.165) is 6.07 Å². The molecule has 0 saturated carbocycles. The van der Waals surface area contributed by atoms with Gasteiger partial charge in [-0.05, 0) is 12.1 Å². The maximum absolute atomic E-state index is 13.4. The molecule has 1 atom stereocenters. The number of halogens is 2. The Labute approximate surface area is 106 Å². The molecule has 0 amide bonds. The van der Waals surface area contributed by atoms with E-state index in [2.05, 4.69) is 0 Å². The van der Waals surface area contributed by atoms with E-state index in [1.807, 2.05) is 4.72 Å². The molecule has 0 aliphatic rings. The van der Waals surface area contributed by atoms with Crippen LogP contribution in [-0.4, -0.2) is 31.2 Å². The third kappa shape index (κ3) is 3.72. The molecule has 0 fully saturated rings. The highest BCUT2D eigenvalue weighted by atomic mass is 32.2. The summed E-state index contributed by atoms with van der Waals surface area (Å²) in [6.45, 7) is -0.138. The van der Waals surface area contributed by atoms with Gasteiger partial charge in [-0.15, -0.1) is 0 Å². The van der Waals surface area contributed by atoms with Gasteiger partial charge in [0.15, 0.2) is 11.6 Å². The summed E-state index contributed by atoms with van der Waals surface area (Å²) >= 11 is 0. The predicted molar refractivity (Wildman–Crippen MR) is 64.9 cm³/mol. The largest absolute Gasteiger partial charge is 0.399 e. The van der Waals surface area contributed by atoms with Crippen molar-refractivity contribution in [3.63, 3.8) is 0 Å². The van der Waals surface area contributed by atoms with Gasteiger partial charge in [-0.3, -0.25) is 4.21 Å². The van der Waals surface area contributed by atoms with Crippen LogP contribution in [0.1, 0.15) is 0 Å². The highest BCUT2D eigenvalue weighted by molar-refractivity contribution is 7.89. The van der Waals surface area contributed by atoms with Gasteiger partial charge >= 0.3 is 0 Å². The number of sulfonamides is 1. The second-order valence-electron chi connectivity index (χ2n) is 3.49. The maximum atomic E-state index is 13.4. The number of rotatable bonds is 5. The molecule has 0 bridgehead atoms. The predicted octanol–water partition coefficient (Wildman–Crippen LogP) is 0.204. The minimum Gasteiger partial charge on any atom is -0.399 e. The van der Waals surface area contributed by atoms with E-state index < -0.39 is 37.4 Å². The Morgan fingerprint density at radius 1 is 1.39 bits per heavy atom. The lowest BCUT2D eigenvalue weighted by atomic mass is 10.3. The average Bonchev–Trinajstić information content (AvgIpc) is 2.22. The molecule has 3 N–H and O–H groups in total. The molecule has 0 heterocycles. The fraction of sp³-hybridized carbons (Fsp3) is 0.333. The topological polar surface area (TPSA) is 89.3 Å². The van der Waals surface area contributed by atoms with E-state index in [-0.39, 0.29) is 18.0 Å². The van der Waals surface area contributed by atoms with Crippen LogP contribution in [0.5, 0.6) is 0 Å². The Balaban J connectivity index is 3.02. The van der Waals surface area contributed by atoms with Crippen LogP contribution in [0.25, 0.3) is 0 Å². The zero-order chi connectivity index (χ0) is 13.9. The molecular weight excluding hydrogens is 286 g/mol. The van der Waals surface area contributed by atoms with E-state index in [9.17, 15) is 21.4 Å². The second kappa shape index (κ2) is 5.72. The van der Waals surface area contributed by atoms with Crippen LogP contribution in [0, 0.1) is 11.6 Å². The highest BCUT2D eigenvalue weighted by Crippen LogP contribution is 2.20. The third-order valence-electron chi connectivity index (χ3n) is 1.99. The van der Waals surface area contributed by atoms with Crippen LogP contribution < -0.4 is 10.5 Å². The van der Waals surface area contributed by atoms with Gasteiger partial charge in [0.05, 0.1) is 0 Å². The summed E-state index contributed by atoms with van der Waals surface area (Å²) in [5.74, 6) is -2.75. The van der Waals surface area contributed by atoms with E-state index in [4.69, 9.17) is 5.73 Å². The molecule has 0 radical (unpaired) electrons. The molecule has 1 aromatic carbocycles. The van der Waals surface area contributed by atoms with Gasteiger partial charge in [-0.2, -0.15) is 0 Å². The van der Waals surface area contributed by atoms with Gasteiger partial charge < -0.3 is 5.73 Å². The molecule has 1 aromatic rings. The summed E-state index contributed by atoms with van der Waals surface area (Å²) < 4.78 is 62.5. The molecule has 0 saturated heterocycles. The van der Waals surface area contributed by atoms with Crippen molar-refractivity contribution in [2.75, 3.05) is 24.3 Å². The number of anilines is 1. The minimum atomic E-state index is -4.21. The first-order valence-corrected chi connectivity index (χ1v) is 7.99. The van der Waals surface area contributed by atoms with Gasteiger partial charge in [-0.1, -0.05) is 0 Å². The Morgan fingerprint density at radius 2 is 2.00 bits per heavy atom. The number of nitrogen functional groups attached to an aromatic ring is 1. The quantitative estimate of drug-likeness (QED) is 0.760. The number of hydrogen-bond acceptors (Lipinski definition) is 4. The molecule has 0 aliphatic carbocycles. The van der Waals surface area contributed by atoms with Gasteiger partial charge in [0.2, 0.25) is 10.0 Å². The number of hydrogen-bond donors (Lipinski definition) is 2. The second-order valence-corrected chi connectivity index (χ2v) is 6.78. The summed E-state index contributed by atoms with van der Waals surface area (Å²) in [7, 11) is -5.40. The monoisotopic (exact) mass is 298 g/mol. The highest BCUT2D eigenvalue weighted by Gasteiger charge is 2.22. The lowest BCUT2D eigenvalue weighted by Crippen LogP contribution is -2.28. The number of benzene rings is 1. The third-order valence-corrected chi connectivity index (χ3v) is 4.23. The SMILES string of the molecule is CS(=O)CCNS(=O)(=O)c1cc(N)cc(F)c1F. The molecule has 1 rings (SSSR count). The standard InChI is InChI=1S/C9H12F2N2O3S2/c1-17(14)3-2-13-18(15,16)8-5-6(12)4-7(10)9(8)11/h4-5,13H,2-3,12H2,1H3. The number of nitrogens with one attached hydrogen (secondary N) is 1. The molecule has 0 aliphatic heterocycles. The fourth-order valence-corrected chi connectivity index (χ4v) is 2.85. The van der Waals surface area contributed by atoms with E-state index >= 15 is 0 Å². The van der Waals surface area contributed by atoms with Gasteiger partial charge in [-0.25, -0.2) is 21.9 Å². The van der Waals surface area contributed by atoms with E-state index in [1.165, 1.54) is 6.26 Å². The van der Waals surface area contributed by atoms with E-state index in [1.54, 1.807) is 0 Å². The van der Waals surface area contributed by atoms with Crippen molar-refractivity contribution in [3.8, 4) is 0 Å². The average molecular weight is 298 g/mol. The minimum absolute atomic E-state index is 0.0750. The molecule has 5 nitrogen and oxygen atoms in total. The van der Waals surface area contributed by atoms with Crippen molar-refractivity contribution in [1.29, 1.82) is 0 Å². The summed E-state index contributed by atoms with van der Waals surface area (Å²) in [5.41, 5.74) is 5.05. The lowest BCUT2D eigenvalue weighted by molar-refractivity contribution is 0.484. The molecule has 9 heteroatoms. The summed E-state index contributed by atoms with van der Waals surface area (Å²) in [6, 6.07) is 1.51. The van der Waals surface area contributed by atoms with Crippen LogP contribution in [0.2, 0.25) is 0 Å². The first kappa shape index (κ1) is 15.0. The first-order valence-electron chi connectivity index (χ1n) is 4.78. The molecule has 18 heavy (non-hydrogen) atoms. The lowest BCUT2D eigenvalue weighted by Gasteiger charge is -2.08. The molecule has 1 unspecified atom stereocenters.